The van der Waals surface area contributed by atoms with E-state index in [2.05, 4.69) is 0 Å². The van der Waals surface area contributed by atoms with Crippen LogP contribution in [0, 0.1) is 0 Å². The highest BCUT2D eigenvalue weighted by atomic mass is 14.6. The first-order valence-corrected chi connectivity index (χ1v) is 5.97. The van der Waals surface area contributed by atoms with E-state index in [0.717, 1.165) is 0 Å². The Hall–Kier alpha value is -0.820. The van der Waals surface area contributed by atoms with Gasteiger partial charge in [-0.2, -0.15) is 0 Å². The maximum absolute atomic E-state index is 5.63. The lowest BCUT2D eigenvalue weighted by Crippen LogP contribution is -2.22. The molecule has 0 spiro atoms. The van der Waals surface area contributed by atoms with Gasteiger partial charge in [0.2, 0.25) is 0 Å². The minimum Gasteiger partial charge on any atom is -0.328 e. The second-order valence-electron chi connectivity index (χ2n) is 3.83. The van der Waals surface area contributed by atoms with Crippen LogP contribution in [0.4, 0.5) is 0 Å². The summed E-state index contributed by atoms with van der Waals surface area (Å²) in [6, 6.07) is 0.536. The minimum absolute atomic E-state index is 0. The molecular formula is C15H29N. The Morgan fingerprint density at radius 3 is 1.50 bits per heavy atom. The third-order valence-corrected chi connectivity index (χ3v) is 2.37. The zero-order valence-electron chi connectivity index (χ0n) is 10.2. The average Bonchev–Trinajstić information content (AvgIpc) is 2.27. The smallest absolute Gasteiger partial charge is 0.00388 e. The second-order valence-corrected chi connectivity index (χ2v) is 3.83. The molecule has 0 unspecified atom stereocenters. The predicted molar refractivity (Wildman–Crippen MR) is 76.6 cm³/mol. The topological polar surface area (TPSA) is 26.0 Å². The van der Waals surface area contributed by atoms with Crippen LogP contribution in [0.5, 0.6) is 0 Å². The Balaban J connectivity index is 0. The van der Waals surface area contributed by atoms with Crippen molar-refractivity contribution >= 4 is 0 Å². The van der Waals surface area contributed by atoms with Crippen molar-refractivity contribution in [2.24, 2.45) is 5.73 Å². The summed E-state index contributed by atoms with van der Waals surface area (Å²) in [5, 5.41) is 0. The summed E-state index contributed by atoms with van der Waals surface area (Å²) in [6.45, 7) is 4.00. The van der Waals surface area contributed by atoms with E-state index in [4.69, 9.17) is 5.73 Å². The Kier molecular flexibility index (Phi) is 15.6. The molecule has 0 aromatic rings. The number of hydrogen-bond donors (Lipinski definition) is 1. The van der Waals surface area contributed by atoms with Crippen LogP contribution in [0.3, 0.4) is 0 Å². The number of hydrogen-bond acceptors (Lipinski definition) is 1. The van der Waals surface area contributed by atoms with Crippen molar-refractivity contribution in [3.63, 3.8) is 0 Å². The van der Waals surface area contributed by atoms with Crippen LogP contribution in [0.2, 0.25) is 0 Å². The quantitative estimate of drug-likeness (QED) is 0.680. The van der Waals surface area contributed by atoms with Gasteiger partial charge in [0.05, 0.1) is 0 Å². The van der Waals surface area contributed by atoms with Gasteiger partial charge < -0.3 is 5.73 Å². The molecule has 1 saturated carbocycles. The predicted octanol–water partition coefficient (Wildman–Crippen LogP) is 4.61. The fourth-order valence-electron chi connectivity index (χ4n) is 1.48. The minimum atomic E-state index is 0. The summed E-state index contributed by atoms with van der Waals surface area (Å²) in [7, 11) is 0. The molecule has 0 atom stereocenters. The first kappa shape index (κ1) is 17.6. The van der Waals surface area contributed by atoms with Crippen molar-refractivity contribution in [3.05, 3.63) is 36.5 Å². The van der Waals surface area contributed by atoms with E-state index in [0.29, 0.717) is 6.04 Å². The SMILES string of the molecule is C.C\C=C/C=C\C=C/C.NC1CCCCC1. The summed E-state index contributed by atoms with van der Waals surface area (Å²) in [6.07, 6.45) is 18.7. The number of nitrogens with two attached hydrogens (primary N) is 1. The molecule has 1 aliphatic rings. The molecular weight excluding hydrogens is 194 g/mol. The summed E-state index contributed by atoms with van der Waals surface area (Å²) in [5.41, 5.74) is 5.63. The molecule has 16 heavy (non-hydrogen) atoms. The molecule has 1 aliphatic carbocycles. The normalized spacial score (nSPS) is 17.4. The number of allylic oxidation sites excluding steroid dienone is 6. The maximum atomic E-state index is 5.63. The van der Waals surface area contributed by atoms with Gasteiger partial charge in [-0.05, 0) is 26.7 Å². The van der Waals surface area contributed by atoms with E-state index >= 15 is 0 Å². The van der Waals surface area contributed by atoms with Gasteiger partial charge in [0.25, 0.3) is 0 Å². The van der Waals surface area contributed by atoms with Gasteiger partial charge in [-0.25, -0.2) is 0 Å². The molecule has 0 bridgehead atoms. The Labute approximate surface area is 102 Å². The average molecular weight is 223 g/mol. The van der Waals surface area contributed by atoms with Crippen molar-refractivity contribution in [2.75, 3.05) is 0 Å². The van der Waals surface area contributed by atoms with Gasteiger partial charge in [-0.1, -0.05) is 63.1 Å². The molecule has 2 N–H and O–H groups in total. The van der Waals surface area contributed by atoms with Gasteiger partial charge in [0.15, 0.2) is 0 Å². The zero-order chi connectivity index (χ0) is 11.4. The Bertz CT molecular complexity index is 181. The van der Waals surface area contributed by atoms with Crippen LogP contribution in [0.15, 0.2) is 36.5 Å². The van der Waals surface area contributed by atoms with Crippen molar-refractivity contribution in [1.29, 1.82) is 0 Å². The van der Waals surface area contributed by atoms with Gasteiger partial charge in [0, 0.05) is 6.04 Å². The third kappa shape index (κ3) is 13.2. The lowest BCUT2D eigenvalue weighted by molar-refractivity contribution is 0.441. The summed E-state index contributed by atoms with van der Waals surface area (Å²) < 4.78 is 0. The van der Waals surface area contributed by atoms with E-state index in [1.54, 1.807) is 0 Å². The zero-order valence-corrected chi connectivity index (χ0v) is 10.2. The first-order valence-electron chi connectivity index (χ1n) is 5.97. The third-order valence-electron chi connectivity index (χ3n) is 2.37. The van der Waals surface area contributed by atoms with Gasteiger partial charge in [-0.15, -0.1) is 0 Å². The summed E-state index contributed by atoms with van der Waals surface area (Å²) in [4.78, 5) is 0. The molecule has 0 aromatic carbocycles. The van der Waals surface area contributed by atoms with Gasteiger partial charge >= 0.3 is 0 Å². The molecule has 0 amide bonds. The van der Waals surface area contributed by atoms with Gasteiger partial charge in [0.1, 0.15) is 0 Å². The van der Waals surface area contributed by atoms with Crippen molar-refractivity contribution < 1.29 is 0 Å². The Morgan fingerprint density at radius 2 is 1.25 bits per heavy atom. The molecule has 0 saturated heterocycles. The van der Waals surface area contributed by atoms with E-state index in [1.165, 1.54) is 32.1 Å². The molecule has 1 fully saturated rings. The standard InChI is InChI=1S/C8H12.C6H13N.CH4/c1-3-5-7-8-6-4-2;7-6-4-2-1-3-5-6;/h3-8H,1-2H3;6H,1-5,7H2;1H4/b5-3-,6-4-,8-7-;;. The Morgan fingerprint density at radius 1 is 0.812 bits per heavy atom. The highest BCUT2D eigenvalue weighted by Crippen LogP contribution is 2.14. The van der Waals surface area contributed by atoms with E-state index in [9.17, 15) is 0 Å². The molecule has 1 heteroatoms. The summed E-state index contributed by atoms with van der Waals surface area (Å²) in [5.74, 6) is 0. The van der Waals surface area contributed by atoms with E-state index in [1.807, 2.05) is 50.3 Å². The van der Waals surface area contributed by atoms with Crippen molar-refractivity contribution in [2.45, 2.75) is 59.4 Å². The highest BCUT2D eigenvalue weighted by Gasteiger charge is 2.06. The molecule has 0 aliphatic heterocycles. The van der Waals surface area contributed by atoms with E-state index < -0.39 is 0 Å². The van der Waals surface area contributed by atoms with Crippen LogP contribution >= 0.6 is 0 Å². The van der Waals surface area contributed by atoms with Crippen molar-refractivity contribution in [1.82, 2.24) is 0 Å². The molecule has 1 rings (SSSR count). The van der Waals surface area contributed by atoms with Crippen LogP contribution in [0.25, 0.3) is 0 Å². The largest absolute Gasteiger partial charge is 0.328 e. The highest BCUT2D eigenvalue weighted by molar-refractivity contribution is 5.09. The van der Waals surface area contributed by atoms with Gasteiger partial charge in [-0.3, -0.25) is 0 Å². The number of rotatable bonds is 2. The van der Waals surface area contributed by atoms with Crippen LogP contribution in [0.1, 0.15) is 53.4 Å². The van der Waals surface area contributed by atoms with Crippen LogP contribution < -0.4 is 5.73 Å². The van der Waals surface area contributed by atoms with E-state index in [-0.39, 0.29) is 7.43 Å². The molecule has 0 aromatic heterocycles. The fraction of sp³-hybridized carbons (Fsp3) is 0.600. The van der Waals surface area contributed by atoms with Crippen molar-refractivity contribution in [3.8, 4) is 0 Å². The van der Waals surface area contributed by atoms with Crippen LogP contribution in [-0.4, -0.2) is 6.04 Å². The molecule has 1 nitrogen and oxygen atoms in total. The molecule has 0 radical (unpaired) electrons. The monoisotopic (exact) mass is 223 g/mol. The second kappa shape index (κ2) is 14.2. The molecule has 0 heterocycles. The lowest BCUT2D eigenvalue weighted by atomic mass is 9.97. The molecule has 94 valence electrons. The lowest BCUT2D eigenvalue weighted by Gasteiger charge is -2.15. The maximum Gasteiger partial charge on any atom is 0.00388 e. The first-order chi connectivity index (χ1) is 7.31. The van der Waals surface area contributed by atoms with Crippen LogP contribution in [-0.2, 0) is 0 Å². The fourth-order valence-corrected chi connectivity index (χ4v) is 1.48. The summed E-state index contributed by atoms with van der Waals surface area (Å²) >= 11 is 0.